The molecule has 7 nitrogen and oxygen atoms in total. The number of halogens is 1. The average molecular weight is 533 g/mol. The standard InChI is InChI=1S/C23H28IN5O2/c1-4-5-8-31-22(30)28-13-23(14-28)10-18(11-23)29-15(2)20(24)21(26-29)16-6-7-19-17(9-16)12-25-27(19)3/h6-7,9,12,18H,4-5,8,10-11,13-14H2,1-3H3. The van der Waals surface area contributed by atoms with Crippen LogP contribution in [0.25, 0.3) is 22.2 Å². The number of carbonyl (C=O) groups excluding carboxylic acids is 1. The second-order valence-corrected chi connectivity index (χ2v) is 10.2. The van der Waals surface area contributed by atoms with Crippen molar-refractivity contribution in [1.29, 1.82) is 0 Å². The van der Waals surface area contributed by atoms with Crippen molar-refractivity contribution < 1.29 is 9.53 Å². The molecule has 2 aliphatic rings. The van der Waals surface area contributed by atoms with Gasteiger partial charge in [-0.25, -0.2) is 4.79 Å². The number of unbranched alkanes of at least 4 members (excludes halogenated alkanes) is 1. The van der Waals surface area contributed by atoms with Crippen LogP contribution < -0.4 is 0 Å². The molecule has 5 rings (SSSR count). The first kappa shape index (κ1) is 20.8. The number of carbonyl (C=O) groups is 1. The van der Waals surface area contributed by atoms with Crippen molar-refractivity contribution in [1.82, 2.24) is 24.5 Å². The molecule has 2 aromatic heterocycles. The molecule has 1 spiro atoms. The minimum atomic E-state index is -0.152. The van der Waals surface area contributed by atoms with Gasteiger partial charge in [0.1, 0.15) is 5.69 Å². The van der Waals surface area contributed by atoms with Gasteiger partial charge in [0.05, 0.1) is 27.9 Å². The number of nitrogens with zero attached hydrogens (tertiary/aromatic N) is 5. The summed E-state index contributed by atoms with van der Waals surface area (Å²) in [6, 6.07) is 6.83. The quantitative estimate of drug-likeness (QED) is 0.345. The molecule has 0 radical (unpaired) electrons. The number of rotatable bonds is 5. The third kappa shape index (κ3) is 3.52. The van der Waals surface area contributed by atoms with E-state index in [0.717, 1.165) is 60.9 Å². The molecule has 8 heteroatoms. The third-order valence-electron chi connectivity index (χ3n) is 6.81. The zero-order chi connectivity index (χ0) is 21.8. The number of aryl methyl sites for hydroxylation is 1. The van der Waals surface area contributed by atoms with Crippen molar-refractivity contribution in [2.45, 2.75) is 45.6 Å². The molecule has 1 saturated heterocycles. The average Bonchev–Trinajstić information content (AvgIpc) is 3.20. The van der Waals surface area contributed by atoms with Crippen molar-refractivity contribution in [3.05, 3.63) is 33.7 Å². The summed E-state index contributed by atoms with van der Waals surface area (Å²) < 4.78 is 10.6. The first-order valence-electron chi connectivity index (χ1n) is 11.0. The van der Waals surface area contributed by atoms with Crippen molar-refractivity contribution >= 4 is 39.6 Å². The predicted octanol–water partition coefficient (Wildman–Crippen LogP) is 4.92. The molecule has 2 fully saturated rings. The molecule has 0 bridgehead atoms. The van der Waals surface area contributed by atoms with E-state index >= 15 is 0 Å². The molecule has 1 saturated carbocycles. The van der Waals surface area contributed by atoms with Gasteiger partial charge in [0.15, 0.2) is 0 Å². The molecular formula is C23H28IN5O2. The summed E-state index contributed by atoms with van der Waals surface area (Å²) in [5.74, 6) is 0. The number of benzene rings is 1. The van der Waals surface area contributed by atoms with Crippen LogP contribution in [0.5, 0.6) is 0 Å². The van der Waals surface area contributed by atoms with E-state index in [4.69, 9.17) is 9.84 Å². The van der Waals surface area contributed by atoms with E-state index in [0.29, 0.717) is 12.6 Å². The molecule has 1 aliphatic heterocycles. The summed E-state index contributed by atoms with van der Waals surface area (Å²) in [5.41, 5.74) is 4.77. The second-order valence-electron chi connectivity index (χ2n) is 9.12. The Morgan fingerprint density at radius 2 is 2.10 bits per heavy atom. The molecule has 0 unspecified atom stereocenters. The first-order chi connectivity index (χ1) is 14.9. The van der Waals surface area contributed by atoms with E-state index < -0.39 is 0 Å². The largest absolute Gasteiger partial charge is 0.449 e. The van der Waals surface area contributed by atoms with Crippen molar-refractivity contribution in [3.63, 3.8) is 0 Å². The van der Waals surface area contributed by atoms with Gasteiger partial charge in [-0.2, -0.15) is 10.2 Å². The van der Waals surface area contributed by atoms with Crippen molar-refractivity contribution in [2.24, 2.45) is 12.5 Å². The van der Waals surface area contributed by atoms with Crippen LogP contribution in [-0.2, 0) is 11.8 Å². The highest BCUT2D eigenvalue weighted by molar-refractivity contribution is 14.1. The number of hydrogen-bond donors (Lipinski definition) is 0. The van der Waals surface area contributed by atoms with Gasteiger partial charge in [0.25, 0.3) is 0 Å². The lowest BCUT2D eigenvalue weighted by Gasteiger charge is -2.58. The van der Waals surface area contributed by atoms with Crippen LogP contribution in [-0.4, -0.2) is 50.3 Å². The van der Waals surface area contributed by atoms with Gasteiger partial charge in [0.2, 0.25) is 0 Å². The van der Waals surface area contributed by atoms with Crippen LogP contribution in [0.15, 0.2) is 24.4 Å². The highest BCUT2D eigenvalue weighted by Crippen LogP contribution is 2.54. The van der Waals surface area contributed by atoms with E-state index in [1.165, 1.54) is 9.26 Å². The molecule has 1 amide bonds. The number of aromatic nitrogens is 4. The minimum Gasteiger partial charge on any atom is -0.449 e. The van der Waals surface area contributed by atoms with Gasteiger partial charge in [-0.3, -0.25) is 9.36 Å². The Morgan fingerprint density at radius 1 is 1.32 bits per heavy atom. The Hall–Kier alpha value is -2.10. The lowest BCUT2D eigenvalue weighted by atomic mass is 9.61. The van der Waals surface area contributed by atoms with Crippen LogP contribution >= 0.6 is 22.6 Å². The van der Waals surface area contributed by atoms with Crippen LogP contribution in [0.4, 0.5) is 4.79 Å². The Bertz CT molecular complexity index is 1140. The van der Waals surface area contributed by atoms with E-state index in [1.54, 1.807) is 0 Å². The fourth-order valence-corrected chi connectivity index (χ4v) is 5.67. The van der Waals surface area contributed by atoms with Gasteiger partial charge < -0.3 is 9.64 Å². The lowest BCUT2D eigenvalue weighted by molar-refractivity contribution is -0.0825. The SMILES string of the molecule is CCCCOC(=O)N1CC2(CC(n3nc(-c4ccc5c(cnn5C)c4)c(I)c3C)C2)C1. The number of likely N-dealkylation sites (tertiary alicyclic amines) is 1. The fourth-order valence-electron chi connectivity index (χ4n) is 5.01. The maximum absolute atomic E-state index is 12.1. The van der Waals surface area contributed by atoms with Gasteiger partial charge in [0, 0.05) is 42.2 Å². The van der Waals surface area contributed by atoms with Crippen LogP contribution in [0, 0.1) is 15.9 Å². The number of hydrogen-bond acceptors (Lipinski definition) is 4. The summed E-state index contributed by atoms with van der Waals surface area (Å²) in [6.07, 6.45) is 5.87. The summed E-state index contributed by atoms with van der Waals surface area (Å²) in [6.45, 7) is 6.42. The molecule has 1 aromatic carbocycles. The van der Waals surface area contributed by atoms with Crippen LogP contribution in [0.3, 0.4) is 0 Å². The van der Waals surface area contributed by atoms with Gasteiger partial charge in [-0.15, -0.1) is 0 Å². The molecule has 31 heavy (non-hydrogen) atoms. The van der Waals surface area contributed by atoms with E-state index in [9.17, 15) is 4.79 Å². The molecule has 1 aliphatic carbocycles. The van der Waals surface area contributed by atoms with E-state index in [-0.39, 0.29) is 11.5 Å². The van der Waals surface area contributed by atoms with Crippen LogP contribution in [0.2, 0.25) is 0 Å². The Kier molecular flexibility index (Phi) is 5.22. The third-order valence-corrected chi connectivity index (χ3v) is 8.11. The fraction of sp³-hybridized carbons (Fsp3) is 0.522. The Morgan fingerprint density at radius 3 is 2.84 bits per heavy atom. The monoisotopic (exact) mass is 533 g/mol. The van der Waals surface area contributed by atoms with Crippen molar-refractivity contribution in [2.75, 3.05) is 19.7 Å². The zero-order valence-corrected chi connectivity index (χ0v) is 20.4. The number of fused-ring (bicyclic) bond motifs is 1. The molecule has 0 atom stereocenters. The minimum absolute atomic E-state index is 0.152. The summed E-state index contributed by atoms with van der Waals surface area (Å²) in [4.78, 5) is 14.0. The van der Waals surface area contributed by atoms with Gasteiger partial charge in [-0.1, -0.05) is 19.4 Å². The molecule has 3 heterocycles. The maximum atomic E-state index is 12.1. The van der Waals surface area contributed by atoms with E-state index in [2.05, 4.69) is 64.4 Å². The van der Waals surface area contributed by atoms with Gasteiger partial charge in [-0.05, 0) is 60.9 Å². The predicted molar refractivity (Wildman–Crippen MR) is 128 cm³/mol. The summed E-state index contributed by atoms with van der Waals surface area (Å²) in [7, 11) is 1.96. The Balaban J connectivity index is 1.26. The second kappa shape index (κ2) is 7.79. The smallest absolute Gasteiger partial charge is 0.409 e. The first-order valence-corrected chi connectivity index (χ1v) is 12.1. The number of amides is 1. The zero-order valence-electron chi connectivity index (χ0n) is 18.3. The number of ether oxygens (including phenoxy) is 1. The van der Waals surface area contributed by atoms with Crippen LogP contribution in [0.1, 0.15) is 44.3 Å². The summed E-state index contributed by atoms with van der Waals surface area (Å²) >= 11 is 2.42. The van der Waals surface area contributed by atoms with Gasteiger partial charge >= 0.3 is 6.09 Å². The topological polar surface area (TPSA) is 65.2 Å². The van der Waals surface area contributed by atoms with E-state index in [1.807, 2.05) is 22.8 Å². The van der Waals surface area contributed by atoms with Crippen molar-refractivity contribution in [3.8, 4) is 11.3 Å². The molecular weight excluding hydrogens is 505 g/mol. The highest BCUT2D eigenvalue weighted by atomic mass is 127. The molecule has 0 N–H and O–H groups in total. The molecule has 3 aromatic rings. The molecule has 164 valence electrons. The maximum Gasteiger partial charge on any atom is 0.409 e. The summed E-state index contributed by atoms with van der Waals surface area (Å²) in [5, 5.41) is 10.5. The normalized spacial score (nSPS) is 17.7. The lowest BCUT2D eigenvalue weighted by Crippen LogP contribution is -2.64. The highest BCUT2D eigenvalue weighted by Gasteiger charge is 2.55. The Labute approximate surface area is 195 Å².